The van der Waals surface area contributed by atoms with Gasteiger partial charge in [-0.2, -0.15) is 0 Å². The number of methoxy groups -OCH3 is 1. The maximum Gasteiger partial charge on any atom is 0.260 e. The molecule has 0 aliphatic carbocycles. The summed E-state index contributed by atoms with van der Waals surface area (Å²) in [6.45, 7) is 0. The molecule has 2 heterocycles. The van der Waals surface area contributed by atoms with Crippen LogP contribution in [0.25, 0.3) is 5.57 Å². The van der Waals surface area contributed by atoms with Crippen LogP contribution in [0.1, 0.15) is 22.3 Å². The molecular formula is C19H17N3O2. The standard InChI is InChI=1S/C19H17N3O2/c1-24-16-6-7-18-17(9-16)19(23)22-11-13(8-15(22)10-21-18)12-2-4-14(20)5-3-12/h2-7,9-11,15H,8,20H2,1H3. The quantitative estimate of drug-likeness (QED) is 0.864. The first-order valence-corrected chi connectivity index (χ1v) is 7.77. The zero-order valence-corrected chi connectivity index (χ0v) is 13.3. The monoisotopic (exact) mass is 319 g/mol. The van der Waals surface area contributed by atoms with Gasteiger partial charge in [0.25, 0.3) is 5.91 Å². The van der Waals surface area contributed by atoms with Crippen LogP contribution in [0, 0.1) is 0 Å². The molecule has 0 bridgehead atoms. The maximum absolute atomic E-state index is 12.9. The van der Waals surface area contributed by atoms with Crippen molar-refractivity contribution in [3.8, 4) is 5.75 Å². The number of benzene rings is 2. The van der Waals surface area contributed by atoms with Crippen LogP contribution < -0.4 is 10.5 Å². The largest absolute Gasteiger partial charge is 0.497 e. The second-order valence-corrected chi connectivity index (χ2v) is 5.92. The molecule has 5 heteroatoms. The third-order valence-electron chi connectivity index (χ3n) is 4.42. The number of anilines is 1. The van der Waals surface area contributed by atoms with E-state index in [0.29, 0.717) is 17.0 Å². The number of aliphatic imine (C=N–C) groups is 1. The lowest BCUT2D eigenvalue weighted by molar-refractivity contribution is 0.0817. The summed E-state index contributed by atoms with van der Waals surface area (Å²) in [7, 11) is 1.59. The summed E-state index contributed by atoms with van der Waals surface area (Å²) in [6, 6.07) is 13.0. The number of amides is 1. The van der Waals surface area contributed by atoms with Crippen LogP contribution in [-0.2, 0) is 0 Å². The molecule has 1 atom stereocenters. The third-order valence-corrected chi connectivity index (χ3v) is 4.42. The van der Waals surface area contributed by atoms with E-state index in [-0.39, 0.29) is 11.9 Å². The van der Waals surface area contributed by atoms with Crippen LogP contribution >= 0.6 is 0 Å². The fraction of sp³-hybridized carbons (Fsp3) is 0.158. The van der Waals surface area contributed by atoms with Crippen molar-refractivity contribution < 1.29 is 9.53 Å². The minimum absolute atomic E-state index is 0.0585. The molecule has 4 rings (SSSR count). The fourth-order valence-electron chi connectivity index (χ4n) is 3.09. The average molecular weight is 319 g/mol. The fourth-order valence-corrected chi connectivity index (χ4v) is 3.09. The average Bonchev–Trinajstić information content (AvgIpc) is 2.99. The number of nitrogen functional groups attached to an aromatic ring is 1. The van der Waals surface area contributed by atoms with E-state index in [1.807, 2.05) is 48.8 Å². The number of nitrogens with two attached hydrogens (primary N) is 1. The summed E-state index contributed by atoms with van der Waals surface area (Å²) >= 11 is 0. The molecular weight excluding hydrogens is 302 g/mol. The molecule has 2 aromatic rings. The first kappa shape index (κ1) is 14.5. The summed E-state index contributed by atoms with van der Waals surface area (Å²) in [5.41, 5.74) is 9.89. The van der Waals surface area contributed by atoms with Crippen molar-refractivity contribution in [1.82, 2.24) is 4.90 Å². The Morgan fingerprint density at radius 1 is 1.21 bits per heavy atom. The van der Waals surface area contributed by atoms with Crippen LogP contribution in [0.3, 0.4) is 0 Å². The van der Waals surface area contributed by atoms with Crippen molar-refractivity contribution >= 4 is 29.1 Å². The number of nitrogens with zero attached hydrogens (tertiary/aromatic N) is 2. The van der Waals surface area contributed by atoms with Gasteiger partial charge in [0.2, 0.25) is 0 Å². The topological polar surface area (TPSA) is 67.9 Å². The normalized spacial score (nSPS) is 18.7. The highest BCUT2D eigenvalue weighted by molar-refractivity contribution is 6.05. The van der Waals surface area contributed by atoms with Gasteiger partial charge in [-0.3, -0.25) is 9.79 Å². The Balaban J connectivity index is 1.72. The van der Waals surface area contributed by atoms with Crippen molar-refractivity contribution in [2.75, 3.05) is 12.8 Å². The Morgan fingerprint density at radius 2 is 2.00 bits per heavy atom. The van der Waals surface area contributed by atoms with E-state index < -0.39 is 0 Å². The van der Waals surface area contributed by atoms with E-state index in [1.54, 1.807) is 18.1 Å². The molecule has 1 amide bonds. The van der Waals surface area contributed by atoms with Gasteiger partial charge in [0, 0.05) is 24.5 Å². The molecule has 0 fully saturated rings. The predicted octanol–water partition coefficient (Wildman–Crippen LogP) is 3.25. The molecule has 0 radical (unpaired) electrons. The van der Waals surface area contributed by atoms with E-state index in [4.69, 9.17) is 10.5 Å². The molecule has 0 saturated carbocycles. The lowest BCUT2D eigenvalue weighted by Crippen LogP contribution is -2.32. The Morgan fingerprint density at radius 3 is 2.75 bits per heavy atom. The zero-order valence-electron chi connectivity index (χ0n) is 13.3. The van der Waals surface area contributed by atoms with Gasteiger partial charge in [-0.15, -0.1) is 0 Å². The Bertz CT molecular complexity index is 869. The third kappa shape index (κ3) is 2.34. The number of carbonyl (C=O) groups excluding carboxylic acids is 1. The number of hydrogen-bond acceptors (Lipinski definition) is 4. The summed E-state index contributed by atoms with van der Waals surface area (Å²) in [5, 5.41) is 0. The predicted molar refractivity (Wildman–Crippen MR) is 94.6 cm³/mol. The molecule has 5 nitrogen and oxygen atoms in total. The molecule has 0 aromatic heterocycles. The van der Waals surface area contributed by atoms with Crippen molar-refractivity contribution in [3.05, 3.63) is 59.8 Å². The van der Waals surface area contributed by atoms with Crippen LogP contribution in [0.15, 0.2) is 53.7 Å². The Labute approximate surface area is 140 Å². The molecule has 2 aliphatic heterocycles. The van der Waals surface area contributed by atoms with E-state index >= 15 is 0 Å². The van der Waals surface area contributed by atoms with Crippen molar-refractivity contribution in [1.29, 1.82) is 0 Å². The molecule has 2 N–H and O–H groups in total. The SMILES string of the molecule is COc1ccc2c(c1)C(=O)N1C=C(c3ccc(N)cc3)CC1C=N2. The molecule has 0 spiro atoms. The molecule has 0 saturated heterocycles. The molecule has 120 valence electrons. The van der Waals surface area contributed by atoms with Crippen LogP contribution in [0.5, 0.6) is 5.75 Å². The zero-order chi connectivity index (χ0) is 16.7. The van der Waals surface area contributed by atoms with Gasteiger partial charge in [-0.05, 0) is 41.5 Å². The van der Waals surface area contributed by atoms with Gasteiger partial charge in [0.15, 0.2) is 0 Å². The number of rotatable bonds is 2. The molecule has 1 unspecified atom stereocenters. The molecule has 2 aliphatic rings. The Kier molecular flexibility index (Phi) is 3.34. The summed E-state index contributed by atoms with van der Waals surface area (Å²) in [5.74, 6) is 0.592. The Hall–Kier alpha value is -3.08. The van der Waals surface area contributed by atoms with Crippen LogP contribution in [-0.4, -0.2) is 30.2 Å². The lowest BCUT2D eigenvalue weighted by Gasteiger charge is -2.18. The highest BCUT2D eigenvalue weighted by Crippen LogP contribution is 2.35. The summed E-state index contributed by atoms with van der Waals surface area (Å²) in [6.07, 6.45) is 4.50. The van der Waals surface area contributed by atoms with Gasteiger partial charge in [-0.1, -0.05) is 12.1 Å². The minimum Gasteiger partial charge on any atom is -0.497 e. The van der Waals surface area contributed by atoms with Crippen molar-refractivity contribution in [3.63, 3.8) is 0 Å². The lowest BCUT2D eigenvalue weighted by atomic mass is 10.0. The van der Waals surface area contributed by atoms with Crippen LogP contribution in [0.2, 0.25) is 0 Å². The molecule has 24 heavy (non-hydrogen) atoms. The summed E-state index contributed by atoms with van der Waals surface area (Å²) < 4.78 is 5.23. The second kappa shape index (κ2) is 5.53. The summed E-state index contributed by atoms with van der Waals surface area (Å²) in [4.78, 5) is 19.2. The number of carbonyl (C=O) groups is 1. The molecule has 2 aromatic carbocycles. The van der Waals surface area contributed by atoms with Gasteiger partial charge in [-0.25, -0.2) is 0 Å². The van der Waals surface area contributed by atoms with E-state index in [9.17, 15) is 4.79 Å². The second-order valence-electron chi connectivity index (χ2n) is 5.92. The van der Waals surface area contributed by atoms with Crippen LogP contribution in [0.4, 0.5) is 11.4 Å². The van der Waals surface area contributed by atoms with Crippen molar-refractivity contribution in [2.24, 2.45) is 4.99 Å². The highest BCUT2D eigenvalue weighted by atomic mass is 16.5. The van der Waals surface area contributed by atoms with Crippen molar-refractivity contribution in [2.45, 2.75) is 12.5 Å². The van der Waals surface area contributed by atoms with E-state index in [1.165, 1.54) is 0 Å². The maximum atomic E-state index is 12.9. The van der Waals surface area contributed by atoms with E-state index in [2.05, 4.69) is 4.99 Å². The van der Waals surface area contributed by atoms with Gasteiger partial charge in [0.1, 0.15) is 5.75 Å². The highest BCUT2D eigenvalue weighted by Gasteiger charge is 2.32. The number of ether oxygens (including phenoxy) is 1. The number of hydrogen-bond donors (Lipinski definition) is 1. The smallest absolute Gasteiger partial charge is 0.260 e. The van der Waals surface area contributed by atoms with Gasteiger partial charge >= 0.3 is 0 Å². The van der Waals surface area contributed by atoms with Gasteiger partial charge < -0.3 is 15.4 Å². The minimum atomic E-state index is -0.0663. The van der Waals surface area contributed by atoms with E-state index in [0.717, 1.165) is 23.2 Å². The first-order valence-electron chi connectivity index (χ1n) is 7.77. The number of fused-ring (bicyclic) bond motifs is 2. The van der Waals surface area contributed by atoms with Gasteiger partial charge in [0.05, 0.1) is 24.4 Å². The first-order chi connectivity index (χ1) is 11.7.